The molecule has 0 atom stereocenters. The average Bonchev–Trinajstić information content (AvgIpc) is 3.18. The first-order chi connectivity index (χ1) is 17.4. The fraction of sp³-hybridized carbons (Fsp3) is 0.355. The van der Waals surface area contributed by atoms with Crippen molar-refractivity contribution < 1.29 is 9.53 Å². The fourth-order valence-corrected chi connectivity index (χ4v) is 4.79. The van der Waals surface area contributed by atoms with E-state index in [-0.39, 0.29) is 5.91 Å². The highest BCUT2D eigenvalue weighted by Crippen LogP contribution is 2.20. The summed E-state index contributed by atoms with van der Waals surface area (Å²) in [5.74, 6) is 2.03. The minimum absolute atomic E-state index is 0.0121. The van der Waals surface area contributed by atoms with Crippen LogP contribution in [0.2, 0.25) is 0 Å². The molecule has 1 amide bonds. The lowest BCUT2D eigenvalue weighted by atomic mass is 10.1. The van der Waals surface area contributed by atoms with E-state index in [1.165, 1.54) is 16.7 Å². The summed E-state index contributed by atoms with van der Waals surface area (Å²) in [4.78, 5) is 17.4. The number of carbonyl (C=O) groups excluding carboxylic acids is 1. The van der Waals surface area contributed by atoms with Gasteiger partial charge < -0.3 is 14.6 Å². The van der Waals surface area contributed by atoms with E-state index in [1.54, 1.807) is 0 Å². The molecule has 5 heteroatoms. The molecule has 3 aromatic carbocycles. The zero-order chi connectivity index (χ0) is 25.5. The second-order valence-electron chi connectivity index (χ2n) is 9.73. The van der Waals surface area contributed by atoms with E-state index < -0.39 is 0 Å². The van der Waals surface area contributed by atoms with Crippen LogP contribution in [0, 0.1) is 27.7 Å². The van der Waals surface area contributed by atoms with Crippen molar-refractivity contribution in [3.05, 3.63) is 94.3 Å². The minimum Gasteiger partial charge on any atom is -0.492 e. The number of benzene rings is 3. The molecule has 0 radical (unpaired) electrons. The smallest absolute Gasteiger partial charge is 0.251 e. The Kier molecular flexibility index (Phi) is 8.42. The third-order valence-corrected chi connectivity index (χ3v) is 6.50. The molecule has 0 unspecified atom stereocenters. The minimum atomic E-state index is 0.0121. The van der Waals surface area contributed by atoms with Crippen LogP contribution in [0.4, 0.5) is 0 Å². The number of ether oxygens (including phenoxy) is 1. The molecule has 0 saturated heterocycles. The molecule has 0 aliphatic rings. The van der Waals surface area contributed by atoms with Gasteiger partial charge in [-0.25, -0.2) is 4.98 Å². The van der Waals surface area contributed by atoms with Crippen LogP contribution in [0.3, 0.4) is 0 Å². The van der Waals surface area contributed by atoms with Gasteiger partial charge in [0.15, 0.2) is 0 Å². The second-order valence-corrected chi connectivity index (χ2v) is 9.73. The molecule has 1 aromatic heterocycles. The van der Waals surface area contributed by atoms with Crippen LogP contribution in [0.15, 0.2) is 60.7 Å². The van der Waals surface area contributed by atoms with Crippen LogP contribution in [0.1, 0.15) is 57.7 Å². The molecule has 0 fully saturated rings. The number of hydrogen-bond acceptors (Lipinski definition) is 3. The highest BCUT2D eigenvalue weighted by Gasteiger charge is 2.11. The number of fused-ring (bicyclic) bond motifs is 1. The molecule has 0 aliphatic carbocycles. The quantitative estimate of drug-likeness (QED) is 0.248. The van der Waals surface area contributed by atoms with Crippen molar-refractivity contribution in [3.63, 3.8) is 0 Å². The number of imidazole rings is 1. The molecule has 0 bridgehead atoms. The second kappa shape index (κ2) is 11.9. The normalized spacial score (nSPS) is 11.1. The summed E-state index contributed by atoms with van der Waals surface area (Å²) in [6.07, 6.45) is 3.92. The molecule has 4 aromatic rings. The average molecular weight is 484 g/mol. The number of amides is 1. The van der Waals surface area contributed by atoms with Crippen molar-refractivity contribution in [3.8, 4) is 5.75 Å². The van der Waals surface area contributed by atoms with Crippen molar-refractivity contribution in [2.24, 2.45) is 0 Å². The van der Waals surface area contributed by atoms with E-state index in [0.717, 1.165) is 66.0 Å². The molecule has 5 nitrogen and oxygen atoms in total. The number of hydrogen-bond donors (Lipinski definition) is 1. The summed E-state index contributed by atoms with van der Waals surface area (Å²) in [5.41, 5.74) is 7.56. The summed E-state index contributed by atoms with van der Waals surface area (Å²) in [5, 5.41) is 3.07. The fourth-order valence-electron chi connectivity index (χ4n) is 4.79. The first-order valence-corrected chi connectivity index (χ1v) is 12.9. The molecular formula is C31H37N3O2. The summed E-state index contributed by atoms with van der Waals surface area (Å²) < 4.78 is 8.38. The highest BCUT2D eigenvalue weighted by molar-refractivity contribution is 5.95. The predicted molar refractivity (Wildman–Crippen MR) is 147 cm³/mol. The standard InChI is InChI=1S/C31H37N3O2/c1-22-13-14-27(25(4)19-22)31(35)32-15-9-5-6-12-30-33-28-10-7-8-11-29(28)34(30)16-17-36-26-20-23(2)18-24(3)21-26/h7-8,10-11,13-14,18-21H,5-6,9,12,15-17H2,1-4H3,(H,32,35). The third kappa shape index (κ3) is 6.54. The lowest BCUT2D eigenvalue weighted by molar-refractivity contribution is 0.0952. The lowest BCUT2D eigenvalue weighted by Crippen LogP contribution is -2.25. The molecule has 36 heavy (non-hydrogen) atoms. The van der Waals surface area contributed by atoms with Gasteiger partial charge in [0.1, 0.15) is 18.2 Å². The molecule has 4 rings (SSSR count). The number of nitrogens with one attached hydrogen (secondary N) is 1. The van der Waals surface area contributed by atoms with E-state index in [1.807, 2.05) is 38.1 Å². The van der Waals surface area contributed by atoms with Gasteiger partial charge >= 0.3 is 0 Å². The van der Waals surface area contributed by atoms with Crippen molar-refractivity contribution in [2.75, 3.05) is 13.2 Å². The van der Waals surface area contributed by atoms with Gasteiger partial charge in [-0.15, -0.1) is 0 Å². The third-order valence-electron chi connectivity index (χ3n) is 6.50. The van der Waals surface area contributed by atoms with E-state index in [9.17, 15) is 4.79 Å². The first kappa shape index (κ1) is 25.5. The molecule has 1 N–H and O–H groups in total. The lowest BCUT2D eigenvalue weighted by Gasteiger charge is -2.12. The van der Waals surface area contributed by atoms with Gasteiger partial charge in [0.25, 0.3) is 5.91 Å². The van der Waals surface area contributed by atoms with Gasteiger partial charge in [-0.2, -0.15) is 0 Å². The highest BCUT2D eigenvalue weighted by atomic mass is 16.5. The Morgan fingerprint density at radius 3 is 2.44 bits per heavy atom. The Balaban J connectivity index is 1.28. The SMILES string of the molecule is Cc1cc(C)cc(OCCn2c(CCCCCNC(=O)c3ccc(C)cc3C)nc3ccccc32)c1. The Hall–Kier alpha value is -3.60. The van der Waals surface area contributed by atoms with Gasteiger partial charge in [-0.3, -0.25) is 4.79 Å². The number of para-hydroxylation sites is 2. The van der Waals surface area contributed by atoms with Gasteiger partial charge in [-0.1, -0.05) is 42.3 Å². The van der Waals surface area contributed by atoms with Crippen LogP contribution < -0.4 is 10.1 Å². The molecule has 188 valence electrons. The van der Waals surface area contributed by atoms with E-state index in [4.69, 9.17) is 9.72 Å². The topological polar surface area (TPSA) is 56.1 Å². The largest absolute Gasteiger partial charge is 0.492 e. The van der Waals surface area contributed by atoms with Crippen molar-refractivity contribution >= 4 is 16.9 Å². The summed E-state index contributed by atoms with van der Waals surface area (Å²) >= 11 is 0. The van der Waals surface area contributed by atoms with Gasteiger partial charge in [0.2, 0.25) is 0 Å². The number of aromatic nitrogens is 2. The van der Waals surface area contributed by atoms with Crippen LogP contribution in [0.5, 0.6) is 5.75 Å². The van der Waals surface area contributed by atoms with Crippen molar-refractivity contribution in [1.29, 1.82) is 0 Å². The van der Waals surface area contributed by atoms with E-state index in [0.29, 0.717) is 13.2 Å². The number of aryl methyl sites for hydroxylation is 5. The Bertz CT molecular complexity index is 1320. The maximum absolute atomic E-state index is 12.5. The number of rotatable bonds is 11. The summed E-state index contributed by atoms with van der Waals surface area (Å²) in [7, 11) is 0. The number of carbonyl (C=O) groups is 1. The van der Waals surface area contributed by atoms with Gasteiger partial charge in [0, 0.05) is 18.5 Å². The first-order valence-electron chi connectivity index (χ1n) is 12.9. The van der Waals surface area contributed by atoms with Crippen LogP contribution in [-0.2, 0) is 13.0 Å². The van der Waals surface area contributed by atoms with E-state index in [2.05, 4.69) is 60.1 Å². The Morgan fingerprint density at radius 1 is 0.889 bits per heavy atom. The Morgan fingerprint density at radius 2 is 1.67 bits per heavy atom. The Labute approximate surface area is 214 Å². The molecular weight excluding hydrogens is 446 g/mol. The molecule has 0 aliphatic heterocycles. The van der Waals surface area contributed by atoms with Crippen LogP contribution >= 0.6 is 0 Å². The maximum Gasteiger partial charge on any atom is 0.251 e. The maximum atomic E-state index is 12.5. The van der Waals surface area contributed by atoms with E-state index >= 15 is 0 Å². The van der Waals surface area contributed by atoms with Gasteiger partial charge in [0.05, 0.1) is 17.6 Å². The number of nitrogens with zero attached hydrogens (tertiary/aromatic N) is 2. The van der Waals surface area contributed by atoms with Crippen molar-refractivity contribution in [2.45, 2.75) is 59.9 Å². The summed E-state index contributed by atoms with van der Waals surface area (Å²) in [6, 6.07) is 20.6. The molecule has 0 saturated carbocycles. The zero-order valence-corrected chi connectivity index (χ0v) is 21.9. The molecule has 1 heterocycles. The van der Waals surface area contributed by atoms with Gasteiger partial charge in [-0.05, 0) is 87.6 Å². The number of unbranched alkanes of at least 4 members (excludes halogenated alkanes) is 2. The van der Waals surface area contributed by atoms with Crippen LogP contribution in [-0.4, -0.2) is 28.6 Å². The zero-order valence-electron chi connectivity index (χ0n) is 21.9. The van der Waals surface area contributed by atoms with Crippen molar-refractivity contribution in [1.82, 2.24) is 14.9 Å². The monoisotopic (exact) mass is 483 g/mol. The predicted octanol–water partition coefficient (Wildman–Crippen LogP) is 6.49. The van der Waals surface area contributed by atoms with Crippen LogP contribution in [0.25, 0.3) is 11.0 Å². The molecule has 0 spiro atoms. The summed E-state index contributed by atoms with van der Waals surface area (Å²) in [6.45, 7) is 10.3.